The molecule has 2 heterocycles. The molecule has 0 bridgehead atoms. The van der Waals surface area contributed by atoms with Gasteiger partial charge in [0.15, 0.2) is 0 Å². The molecule has 0 saturated heterocycles. The zero-order valence-electron chi connectivity index (χ0n) is 16.0. The molecule has 1 N–H and O–H groups in total. The highest BCUT2D eigenvalue weighted by Gasteiger charge is 2.14. The van der Waals surface area contributed by atoms with Gasteiger partial charge >= 0.3 is 0 Å². The molecule has 2 aromatic heterocycles. The van der Waals surface area contributed by atoms with Gasteiger partial charge in [0.25, 0.3) is 5.91 Å². The Bertz CT molecular complexity index is 1360. The molecule has 4 nitrogen and oxygen atoms in total. The first-order chi connectivity index (χ1) is 14.2. The molecule has 0 saturated carbocycles. The summed E-state index contributed by atoms with van der Waals surface area (Å²) in [5.74, 6) is -0.130. The Kier molecular flexibility index (Phi) is 4.10. The molecule has 5 aromatic rings. The van der Waals surface area contributed by atoms with Gasteiger partial charge in [-0.3, -0.25) is 4.79 Å². The van der Waals surface area contributed by atoms with Gasteiger partial charge < -0.3 is 9.72 Å². The number of anilines is 1. The number of aryl methyl sites for hydroxylation is 1. The third kappa shape index (κ3) is 3.05. The van der Waals surface area contributed by atoms with Crippen molar-refractivity contribution >= 4 is 28.0 Å². The first kappa shape index (κ1) is 17.2. The van der Waals surface area contributed by atoms with Gasteiger partial charge in [-0.15, -0.1) is 0 Å². The Morgan fingerprint density at radius 1 is 0.897 bits per heavy atom. The number of benzene rings is 3. The second-order valence-corrected chi connectivity index (χ2v) is 7.07. The van der Waals surface area contributed by atoms with Crippen molar-refractivity contribution in [2.24, 2.45) is 0 Å². The number of aromatic nitrogens is 2. The number of carbonyl (C=O) groups is 1. The first-order valence-electron chi connectivity index (χ1n) is 9.53. The second kappa shape index (κ2) is 6.91. The largest absolute Gasteiger partial charge is 0.321 e. The predicted molar refractivity (Wildman–Crippen MR) is 117 cm³/mol. The molecule has 4 heteroatoms. The highest BCUT2D eigenvalue weighted by atomic mass is 16.1. The third-order valence-corrected chi connectivity index (χ3v) is 5.16. The van der Waals surface area contributed by atoms with Crippen LogP contribution in [-0.4, -0.2) is 15.3 Å². The minimum absolute atomic E-state index is 0.130. The number of pyridine rings is 1. The molecule has 0 unspecified atom stereocenters. The van der Waals surface area contributed by atoms with E-state index in [4.69, 9.17) is 4.98 Å². The van der Waals surface area contributed by atoms with Crippen LogP contribution in [-0.2, 0) is 0 Å². The third-order valence-electron chi connectivity index (χ3n) is 5.16. The van der Waals surface area contributed by atoms with E-state index in [-0.39, 0.29) is 5.91 Å². The number of para-hydroxylation sites is 1. The number of fused-ring (bicyclic) bond motifs is 2. The average Bonchev–Trinajstić information content (AvgIpc) is 3.19. The van der Waals surface area contributed by atoms with Crippen molar-refractivity contribution in [3.63, 3.8) is 0 Å². The van der Waals surface area contributed by atoms with Gasteiger partial charge in [-0.05, 0) is 41.5 Å². The minimum atomic E-state index is -0.130. The molecular formula is C25H19N3O. The number of amides is 1. The lowest BCUT2D eigenvalue weighted by atomic mass is 10.0. The number of hydrogen-bond donors (Lipinski definition) is 1. The van der Waals surface area contributed by atoms with Crippen molar-refractivity contribution in [3.05, 3.63) is 102 Å². The van der Waals surface area contributed by atoms with Crippen LogP contribution in [0.15, 0.2) is 91.3 Å². The van der Waals surface area contributed by atoms with Gasteiger partial charge in [-0.1, -0.05) is 60.7 Å². The van der Waals surface area contributed by atoms with Gasteiger partial charge in [0.05, 0.1) is 11.4 Å². The maximum atomic E-state index is 13.1. The van der Waals surface area contributed by atoms with Crippen molar-refractivity contribution in [2.75, 3.05) is 5.32 Å². The van der Waals surface area contributed by atoms with Gasteiger partial charge in [-0.2, -0.15) is 0 Å². The van der Waals surface area contributed by atoms with Crippen LogP contribution in [0.1, 0.15) is 15.9 Å². The predicted octanol–water partition coefficient (Wildman–Crippen LogP) is 5.72. The molecule has 5 rings (SSSR count). The number of carbonyl (C=O) groups excluding carboxylic acids is 1. The highest BCUT2D eigenvalue weighted by molar-refractivity contribution is 6.13. The lowest BCUT2D eigenvalue weighted by molar-refractivity contribution is 0.102. The number of nitrogens with zero attached hydrogens (tertiary/aromatic N) is 2. The summed E-state index contributed by atoms with van der Waals surface area (Å²) < 4.78 is 2.01. The highest BCUT2D eigenvalue weighted by Crippen LogP contribution is 2.29. The molecular weight excluding hydrogens is 358 g/mol. The van der Waals surface area contributed by atoms with Crippen molar-refractivity contribution in [3.8, 4) is 11.3 Å². The Morgan fingerprint density at radius 2 is 1.69 bits per heavy atom. The van der Waals surface area contributed by atoms with Gasteiger partial charge in [0.2, 0.25) is 0 Å². The van der Waals surface area contributed by atoms with E-state index in [0.717, 1.165) is 38.9 Å². The lowest BCUT2D eigenvalue weighted by Gasteiger charge is -2.11. The fraction of sp³-hybridized carbons (Fsp3) is 0.0400. The van der Waals surface area contributed by atoms with Crippen LogP contribution in [0.3, 0.4) is 0 Å². The molecule has 0 aliphatic carbocycles. The molecule has 0 radical (unpaired) electrons. The summed E-state index contributed by atoms with van der Waals surface area (Å²) in [5, 5.41) is 5.07. The number of imidazole rings is 1. The fourth-order valence-electron chi connectivity index (χ4n) is 3.71. The van der Waals surface area contributed by atoms with Crippen LogP contribution in [0.25, 0.3) is 27.7 Å². The van der Waals surface area contributed by atoms with E-state index in [1.54, 1.807) is 0 Å². The molecule has 29 heavy (non-hydrogen) atoms. The normalized spacial score (nSPS) is 11.1. The Hall–Kier alpha value is -3.92. The van der Waals surface area contributed by atoms with Crippen LogP contribution < -0.4 is 5.32 Å². The first-order valence-corrected chi connectivity index (χ1v) is 9.53. The van der Waals surface area contributed by atoms with E-state index >= 15 is 0 Å². The second-order valence-electron chi connectivity index (χ2n) is 7.07. The maximum Gasteiger partial charge on any atom is 0.256 e. The zero-order chi connectivity index (χ0) is 19.8. The number of rotatable bonds is 3. The summed E-state index contributed by atoms with van der Waals surface area (Å²) >= 11 is 0. The van der Waals surface area contributed by atoms with Crippen LogP contribution in [0, 0.1) is 6.92 Å². The van der Waals surface area contributed by atoms with Crippen molar-refractivity contribution in [2.45, 2.75) is 6.92 Å². The maximum absolute atomic E-state index is 13.1. The summed E-state index contributed by atoms with van der Waals surface area (Å²) in [4.78, 5) is 17.9. The SMILES string of the molecule is Cc1cccn2cc(-c3ccccc3NC(=O)c3cccc4ccccc34)nc12. The lowest BCUT2D eigenvalue weighted by Crippen LogP contribution is -2.13. The molecule has 3 aromatic carbocycles. The monoisotopic (exact) mass is 377 g/mol. The zero-order valence-corrected chi connectivity index (χ0v) is 16.0. The van der Waals surface area contributed by atoms with E-state index in [2.05, 4.69) is 5.32 Å². The molecule has 140 valence electrons. The van der Waals surface area contributed by atoms with E-state index in [1.165, 1.54) is 0 Å². The van der Waals surface area contributed by atoms with Gasteiger partial charge in [0, 0.05) is 23.5 Å². The summed E-state index contributed by atoms with van der Waals surface area (Å²) in [6, 6.07) is 25.5. The number of nitrogens with one attached hydrogen (secondary N) is 1. The average molecular weight is 377 g/mol. The van der Waals surface area contributed by atoms with E-state index in [0.29, 0.717) is 5.56 Å². The Balaban J connectivity index is 1.55. The smallest absolute Gasteiger partial charge is 0.256 e. The number of hydrogen-bond acceptors (Lipinski definition) is 2. The summed E-state index contributed by atoms with van der Waals surface area (Å²) in [7, 11) is 0. The minimum Gasteiger partial charge on any atom is -0.321 e. The topological polar surface area (TPSA) is 46.4 Å². The quantitative estimate of drug-likeness (QED) is 0.437. The van der Waals surface area contributed by atoms with Crippen LogP contribution >= 0.6 is 0 Å². The Labute approximate surface area is 168 Å². The van der Waals surface area contributed by atoms with E-state index in [1.807, 2.05) is 103 Å². The molecule has 0 atom stereocenters. The van der Waals surface area contributed by atoms with Gasteiger partial charge in [-0.25, -0.2) is 4.98 Å². The molecule has 1 amide bonds. The summed E-state index contributed by atoms with van der Waals surface area (Å²) in [6.07, 6.45) is 3.97. The van der Waals surface area contributed by atoms with E-state index in [9.17, 15) is 4.79 Å². The Morgan fingerprint density at radius 3 is 2.59 bits per heavy atom. The van der Waals surface area contributed by atoms with Crippen molar-refractivity contribution in [1.29, 1.82) is 0 Å². The molecule has 0 aliphatic rings. The molecule has 0 aliphatic heterocycles. The van der Waals surface area contributed by atoms with Gasteiger partial charge in [0.1, 0.15) is 5.65 Å². The van der Waals surface area contributed by atoms with Crippen LogP contribution in [0.2, 0.25) is 0 Å². The van der Waals surface area contributed by atoms with Crippen LogP contribution in [0.4, 0.5) is 5.69 Å². The fourth-order valence-corrected chi connectivity index (χ4v) is 3.71. The molecule has 0 spiro atoms. The van der Waals surface area contributed by atoms with E-state index < -0.39 is 0 Å². The van der Waals surface area contributed by atoms with Crippen LogP contribution in [0.5, 0.6) is 0 Å². The standard InChI is InChI=1S/C25H19N3O/c1-17-8-7-15-28-16-23(26-24(17)28)21-12-4-5-14-22(21)27-25(29)20-13-6-10-18-9-2-3-11-19(18)20/h2-16H,1H3,(H,27,29). The van der Waals surface area contributed by atoms with Crippen molar-refractivity contribution in [1.82, 2.24) is 9.38 Å². The molecule has 0 fully saturated rings. The summed E-state index contributed by atoms with van der Waals surface area (Å²) in [6.45, 7) is 2.04. The van der Waals surface area contributed by atoms with Crippen molar-refractivity contribution < 1.29 is 4.79 Å². The summed E-state index contributed by atoms with van der Waals surface area (Å²) in [5.41, 5.74) is 5.14.